The highest BCUT2D eigenvalue weighted by Gasteiger charge is 2.10. The van der Waals surface area contributed by atoms with Crippen LogP contribution in [0.15, 0.2) is 48.5 Å². The first kappa shape index (κ1) is 11.7. The molecule has 0 heterocycles. The van der Waals surface area contributed by atoms with E-state index < -0.39 is 0 Å². The maximum atomic E-state index is 11.9. The van der Waals surface area contributed by atoms with E-state index in [0.29, 0.717) is 16.3 Å². The standard InChI is InChI=1S/C14H11ClO2/c1-10-4-2-3-5-13(10)14(16)17-12-8-6-11(15)7-9-12/h2-9H,1H3. The summed E-state index contributed by atoms with van der Waals surface area (Å²) < 4.78 is 5.24. The van der Waals surface area contributed by atoms with Crippen LogP contribution in [-0.2, 0) is 0 Å². The average Bonchev–Trinajstić information content (AvgIpc) is 2.32. The van der Waals surface area contributed by atoms with E-state index in [4.69, 9.17) is 16.3 Å². The molecule has 0 aliphatic rings. The predicted molar refractivity (Wildman–Crippen MR) is 67.6 cm³/mol. The Morgan fingerprint density at radius 3 is 2.35 bits per heavy atom. The van der Waals surface area contributed by atoms with Gasteiger partial charge in [0.05, 0.1) is 5.56 Å². The van der Waals surface area contributed by atoms with Crippen molar-refractivity contribution in [2.45, 2.75) is 6.92 Å². The molecule has 2 nitrogen and oxygen atoms in total. The van der Waals surface area contributed by atoms with Gasteiger partial charge in [-0.3, -0.25) is 0 Å². The summed E-state index contributed by atoms with van der Waals surface area (Å²) in [6.07, 6.45) is 0. The molecule has 0 atom stereocenters. The lowest BCUT2D eigenvalue weighted by molar-refractivity contribution is 0.0734. The molecule has 86 valence electrons. The Balaban J connectivity index is 2.17. The molecule has 0 N–H and O–H groups in total. The predicted octanol–water partition coefficient (Wildman–Crippen LogP) is 3.87. The van der Waals surface area contributed by atoms with Crippen molar-refractivity contribution in [2.75, 3.05) is 0 Å². The number of hydrogen-bond acceptors (Lipinski definition) is 2. The molecular weight excluding hydrogens is 236 g/mol. The van der Waals surface area contributed by atoms with Crippen molar-refractivity contribution < 1.29 is 9.53 Å². The third-order valence-electron chi connectivity index (χ3n) is 2.39. The van der Waals surface area contributed by atoms with Gasteiger partial charge in [-0.1, -0.05) is 29.8 Å². The maximum Gasteiger partial charge on any atom is 0.343 e. The van der Waals surface area contributed by atoms with Crippen molar-refractivity contribution in [3.05, 3.63) is 64.7 Å². The smallest absolute Gasteiger partial charge is 0.343 e. The number of carbonyl (C=O) groups excluding carboxylic acids is 1. The lowest BCUT2D eigenvalue weighted by Crippen LogP contribution is -2.09. The van der Waals surface area contributed by atoms with Gasteiger partial charge in [0.15, 0.2) is 0 Å². The molecule has 2 aromatic rings. The highest BCUT2D eigenvalue weighted by molar-refractivity contribution is 6.30. The fraction of sp³-hybridized carbons (Fsp3) is 0.0714. The van der Waals surface area contributed by atoms with E-state index in [1.165, 1.54) is 0 Å². The van der Waals surface area contributed by atoms with Gasteiger partial charge >= 0.3 is 5.97 Å². The Morgan fingerprint density at radius 1 is 1.06 bits per heavy atom. The quantitative estimate of drug-likeness (QED) is 0.594. The Hall–Kier alpha value is -1.80. The zero-order chi connectivity index (χ0) is 12.3. The first-order valence-electron chi connectivity index (χ1n) is 5.20. The third-order valence-corrected chi connectivity index (χ3v) is 2.64. The van der Waals surface area contributed by atoms with E-state index in [-0.39, 0.29) is 5.97 Å². The molecule has 0 saturated heterocycles. The van der Waals surface area contributed by atoms with E-state index in [0.717, 1.165) is 5.56 Å². The molecule has 2 rings (SSSR count). The molecule has 0 aliphatic carbocycles. The highest BCUT2D eigenvalue weighted by atomic mass is 35.5. The molecule has 2 aromatic carbocycles. The molecule has 17 heavy (non-hydrogen) atoms. The van der Waals surface area contributed by atoms with Crippen LogP contribution < -0.4 is 4.74 Å². The molecule has 0 spiro atoms. The molecular formula is C14H11ClO2. The summed E-state index contributed by atoms with van der Waals surface area (Å²) >= 11 is 5.75. The van der Waals surface area contributed by atoms with Gasteiger partial charge in [-0.15, -0.1) is 0 Å². The lowest BCUT2D eigenvalue weighted by atomic mass is 10.1. The zero-order valence-corrected chi connectivity index (χ0v) is 10.1. The van der Waals surface area contributed by atoms with Crippen LogP contribution in [0.3, 0.4) is 0 Å². The highest BCUT2D eigenvalue weighted by Crippen LogP contribution is 2.17. The van der Waals surface area contributed by atoms with Gasteiger partial charge in [-0.05, 0) is 42.8 Å². The van der Waals surface area contributed by atoms with Gasteiger partial charge in [-0.2, -0.15) is 0 Å². The maximum absolute atomic E-state index is 11.9. The molecule has 0 amide bonds. The Labute approximate surface area is 105 Å². The minimum absolute atomic E-state index is 0.356. The second kappa shape index (κ2) is 5.02. The van der Waals surface area contributed by atoms with Crippen molar-refractivity contribution in [2.24, 2.45) is 0 Å². The van der Waals surface area contributed by atoms with Crippen LogP contribution in [0.1, 0.15) is 15.9 Å². The monoisotopic (exact) mass is 246 g/mol. The van der Waals surface area contributed by atoms with Gasteiger partial charge in [0.25, 0.3) is 0 Å². The summed E-state index contributed by atoms with van der Waals surface area (Å²) in [5.74, 6) is 0.132. The lowest BCUT2D eigenvalue weighted by Gasteiger charge is -2.06. The fourth-order valence-corrected chi connectivity index (χ4v) is 1.59. The summed E-state index contributed by atoms with van der Waals surface area (Å²) in [6, 6.07) is 14.0. The van der Waals surface area contributed by atoms with Crippen LogP contribution in [0.5, 0.6) is 5.75 Å². The molecule has 0 aromatic heterocycles. The van der Waals surface area contributed by atoms with Crippen LogP contribution in [0.2, 0.25) is 5.02 Å². The largest absolute Gasteiger partial charge is 0.423 e. The van der Waals surface area contributed by atoms with Gasteiger partial charge in [0.2, 0.25) is 0 Å². The summed E-state index contributed by atoms with van der Waals surface area (Å²) in [5.41, 5.74) is 1.47. The van der Waals surface area contributed by atoms with Crippen LogP contribution in [0.25, 0.3) is 0 Å². The van der Waals surface area contributed by atoms with Crippen molar-refractivity contribution in [3.63, 3.8) is 0 Å². The normalized spacial score (nSPS) is 10.0. The second-order valence-corrected chi connectivity index (χ2v) is 4.09. The fourth-order valence-electron chi connectivity index (χ4n) is 1.47. The van der Waals surface area contributed by atoms with Crippen molar-refractivity contribution >= 4 is 17.6 Å². The third kappa shape index (κ3) is 2.86. The SMILES string of the molecule is Cc1ccccc1C(=O)Oc1ccc(Cl)cc1. The molecule has 0 fully saturated rings. The van der Waals surface area contributed by atoms with E-state index >= 15 is 0 Å². The van der Waals surface area contributed by atoms with Crippen molar-refractivity contribution in [1.82, 2.24) is 0 Å². The van der Waals surface area contributed by atoms with Gasteiger partial charge in [0, 0.05) is 5.02 Å². The molecule has 3 heteroatoms. The summed E-state index contributed by atoms with van der Waals surface area (Å²) in [7, 11) is 0. The number of aryl methyl sites for hydroxylation is 1. The summed E-state index contributed by atoms with van der Waals surface area (Å²) in [5, 5.41) is 0.612. The number of esters is 1. The topological polar surface area (TPSA) is 26.3 Å². The van der Waals surface area contributed by atoms with E-state index in [1.54, 1.807) is 30.3 Å². The van der Waals surface area contributed by atoms with E-state index in [1.807, 2.05) is 25.1 Å². The minimum Gasteiger partial charge on any atom is -0.423 e. The van der Waals surface area contributed by atoms with Gasteiger partial charge in [-0.25, -0.2) is 4.79 Å². The minimum atomic E-state index is -0.356. The van der Waals surface area contributed by atoms with E-state index in [2.05, 4.69) is 0 Å². The number of halogens is 1. The number of ether oxygens (including phenoxy) is 1. The van der Waals surface area contributed by atoms with Gasteiger partial charge < -0.3 is 4.74 Å². The number of hydrogen-bond donors (Lipinski definition) is 0. The average molecular weight is 247 g/mol. The molecule has 0 saturated carbocycles. The first-order chi connectivity index (χ1) is 8.16. The van der Waals surface area contributed by atoms with Crippen LogP contribution in [0.4, 0.5) is 0 Å². The van der Waals surface area contributed by atoms with Crippen LogP contribution in [0, 0.1) is 6.92 Å². The number of rotatable bonds is 2. The van der Waals surface area contributed by atoms with Crippen molar-refractivity contribution in [3.8, 4) is 5.75 Å². The molecule has 0 bridgehead atoms. The van der Waals surface area contributed by atoms with Crippen LogP contribution in [-0.4, -0.2) is 5.97 Å². The van der Waals surface area contributed by atoms with E-state index in [9.17, 15) is 4.79 Å². The Kier molecular flexibility index (Phi) is 3.45. The molecule has 0 unspecified atom stereocenters. The van der Waals surface area contributed by atoms with Crippen molar-refractivity contribution in [1.29, 1.82) is 0 Å². The van der Waals surface area contributed by atoms with Gasteiger partial charge in [0.1, 0.15) is 5.75 Å². The Morgan fingerprint density at radius 2 is 1.71 bits per heavy atom. The molecule has 0 radical (unpaired) electrons. The summed E-state index contributed by atoms with van der Waals surface area (Å²) in [6.45, 7) is 1.87. The number of carbonyl (C=O) groups is 1. The summed E-state index contributed by atoms with van der Waals surface area (Å²) in [4.78, 5) is 11.9. The first-order valence-corrected chi connectivity index (χ1v) is 5.58. The zero-order valence-electron chi connectivity index (χ0n) is 9.31. The Bertz CT molecular complexity index is 532. The number of benzene rings is 2. The molecule has 0 aliphatic heterocycles. The second-order valence-electron chi connectivity index (χ2n) is 3.66. The van der Waals surface area contributed by atoms with Crippen LogP contribution >= 0.6 is 11.6 Å².